The number of aliphatic hydroxyl groups excluding tert-OH is 1. The van der Waals surface area contributed by atoms with E-state index in [1.165, 1.54) is 0 Å². The predicted molar refractivity (Wildman–Crippen MR) is 46.8 cm³/mol. The maximum Gasteiger partial charge on any atom is 0.415 e. The summed E-state index contributed by atoms with van der Waals surface area (Å²) in [6, 6.07) is 0. The van der Waals surface area contributed by atoms with E-state index in [2.05, 4.69) is 6.92 Å². The third-order valence-electron chi connectivity index (χ3n) is 2.68. The number of nitrogens with zero attached hydrogens (tertiary/aromatic N) is 1. The molecule has 1 N–H and O–H groups in total. The Morgan fingerprint density at radius 2 is 2.00 bits per heavy atom. The predicted octanol–water partition coefficient (Wildman–Crippen LogP) is 1.50. The molecule has 0 aromatic heterocycles. The number of rotatable bonds is 4. The summed E-state index contributed by atoms with van der Waals surface area (Å²) in [4.78, 5) is 1.55. The van der Waals surface area contributed by atoms with Crippen molar-refractivity contribution in [2.75, 3.05) is 20.1 Å². The Balaban J connectivity index is 2.22. The minimum Gasteiger partial charge on any atom is -0.382 e. The molecule has 0 aromatic carbocycles. The van der Waals surface area contributed by atoms with Gasteiger partial charge in [-0.25, -0.2) is 0 Å². The molecule has 0 aromatic rings. The van der Waals surface area contributed by atoms with E-state index in [-0.39, 0.29) is 6.54 Å². The highest BCUT2D eigenvalue weighted by Crippen LogP contribution is 2.38. The SMILES string of the molecule is CC1CC1CN(C)CC(O)C(F)(F)F. The Morgan fingerprint density at radius 1 is 1.50 bits per heavy atom. The summed E-state index contributed by atoms with van der Waals surface area (Å²) < 4.78 is 35.9. The normalized spacial score (nSPS) is 29.4. The van der Waals surface area contributed by atoms with E-state index in [0.29, 0.717) is 18.4 Å². The molecule has 1 rings (SSSR count). The average Bonchev–Trinajstić information content (AvgIpc) is 2.63. The van der Waals surface area contributed by atoms with Gasteiger partial charge in [0.25, 0.3) is 0 Å². The van der Waals surface area contributed by atoms with Gasteiger partial charge in [0, 0.05) is 13.1 Å². The van der Waals surface area contributed by atoms with Gasteiger partial charge < -0.3 is 10.0 Å². The van der Waals surface area contributed by atoms with Gasteiger partial charge in [-0.1, -0.05) is 6.92 Å². The molecule has 3 atom stereocenters. The van der Waals surface area contributed by atoms with Crippen LogP contribution in [0.3, 0.4) is 0 Å². The Labute approximate surface area is 81.7 Å². The van der Waals surface area contributed by atoms with Crippen molar-refractivity contribution in [2.24, 2.45) is 11.8 Å². The molecule has 0 bridgehead atoms. The summed E-state index contributed by atoms with van der Waals surface area (Å²) in [6.07, 6.45) is -5.63. The first-order chi connectivity index (χ1) is 6.30. The minimum atomic E-state index is -4.50. The van der Waals surface area contributed by atoms with E-state index >= 15 is 0 Å². The van der Waals surface area contributed by atoms with Crippen LogP contribution in [0.2, 0.25) is 0 Å². The van der Waals surface area contributed by atoms with Gasteiger partial charge in [0.1, 0.15) is 0 Å². The maximum atomic E-state index is 12.0. The van der Waals surface area contributed by atoms with Crippen LogP contribution in [0.4, 0.5) is 13.2 Å². The second kappa shape index (κ2) is 4.06. The van der Waals surface area contributed by atoms with Crippen molar-refractivity contribution in [1.82, 2.24) is 4.90 Å². The molecule has 0 saturated heterocycles. The van der Waals surface area contributed by atoms with Crippen molar-refractivity contribution >= 4 is 0 Å². The van der Waals surface area contributed by atoms with Gasteiger partial charge in [0.05, 0.1) is 0 Å². The molecule has 0 amide bonds. The standard InChI is InChI=1S/C9H16F3NO/c1-6-3-7(6)4-13(2)5-8(14)9(10,11)12/h6-8,14H,3-5H2,1-2H3. The Kier molecular flexibility index (Phi) is 3.42. The highest BCUT2D eigenvalue weighted by Gasteiger charge is 2.40. The number of halogens is 3. The smallest absolute Gasteiger partial charge is 0.382 e. The topological polar surface area (TPSA) is 23.5 Å². The van der Waals surface area contributed by atoms with Gasteiger partial charge in [-0.15, -0.1) is 0 Å². The number of alkyl halides is 3. The Morgan fingerprint density at radius 3 is 2.36 bits per heavy atom. The average molecular weight is 211 g/mol. The van der Waals surface area contributed by atoms with Crippen LogP contribution in [-0.2, 0) is 0 Å². The van der Waals surface area contributed by atoms with E-state index in [1.54, 1.807) is 11.9 Å². The van der Waals surface area contributed by atoms with Crippen molar-refractivity contribution in [3.05, 3.63) is 0 Å². The third kappa shape index (κ3) is 3.46. The van der Waals surface area contributed by atoms with E-state index in [4.69, 9.17) is 5.11 Å². The van der Waals surface area contributed by atoms with Gasteiger partial charge in [-0.3, -0.25) is 0 Å². The molecule has 0 aliphatic heterocycles. The van der Waals surface area contributed by atoms with Crippen molar-refractivity contribution in [3.8, 4) is 0 Å². The van der Waals surface area contributed by atoms with Crippen LogP contribution in [0.15, 0.2) is 0 Å². The molecule has 0 spiro atoms. The van der Waals surface area contributed by atoms with Crippen LogP contribution >= 0.6 is 0 Å². The van der Waals surface area contributed by atoms with Crippen molar-refractivity contribution in [2.45, 2.75) is 25.6 Å². The number of aliphatic hydroxyl groups is 1. The molecule has 5 heteroatoms. The fourth-order valence-corrected chi connectivity index (χ4v) is 1.53. The Bertz CT molecular complexity index is 195. The summed E-state index contributed by atoms with van der Waals surface area (Å²) in [5.41, 5.74) is 0. The first kappa shape index (κ1) is 11.8. The van der Waals surface area contributed by atoms with Crippen LogP contribution < -0.4 is 0 Å². The van der Waals surface area contributed by atoms with Crippen LogP contribution in [0, 0.1) is 11.8 Å². The van der Waals surface area contributed by atoms with Crippen LogP contribution in [0.25, 0.3) is 0 Å². The summed E-state index contributed by atoms with van der Waals surface area (Å²) in [7, 11) is 1.61. The fraction of sp³-hybridized carbons (Fsp3) is 1.00. The summed E-state index contributed by atoms with van der Waals surface area (Å²) >= 11 is 0. The zero-order chi connectivity index (χ0) is 10.9. The monoisotopic (exact) mass is 211 g/mol. The minimum absolute atomic E-state index is 0.327. The third-order valence-corrected chi connectivity index (χ3v) is 2.68. The van der Waals surface area contributed by atoms with Gasteiger partial charge >= 0.3 is 6.18 Å². The lowest BCUT2D eigenvalue weighted by Crippen LogP contribution is -2.40. The van der Waals surface area contributed by atoms with Gasteiger partial charge in [0.15, 0.2) is 6.10 Å². The molecule has 84 valence electrons. The number of likely N-dealkylation sites (N-methyl/N-ethyl adjacent to an activating group) is 1. The molecule has 1 aliphatic rings. The maximum absolute atomic E-state index is 12.0. The van der Waals surface area contributed by atoms with Crippen molar-refractivity contribution in [3.63, 3.8) is 0 Å². The zero-order valence-corrected chi connectivity index (χ0v) is 8.38. The molecular weight excluding hydrogens is 195 g/mol. The van der Waals surface area contributed by atoms with Gasteiger partial charge in [-0.05, 0) is 25.3 Å². The van der Waals surface area contributed by atoms with Crippen LogP contribution in [0.5, 0.6) is 0 Å². The Hall–Kier alpha value is -0.290. The molecule has 0 radical (unpaired) electrons. The molecule has 0 heterocycles. The molecule has 1 saturated carbocycles. The lowest BCUT2D eigenvalue weighted by Gasteiger charge is -2.22. The molecule has 1 aliphatic carbocycles. The van der Waals surface area contributed by atoms with Crippen LogP contribution in [-0.4, -0.2) is 42.4 Å². The van der Waals surface area contributed by atoms with Crippen molar-refractivity contribution in [1.29, 1.82) is 0 Å². The highest BCUT2D eigenvalue weighted by molar-refractivity contribution is 4.85. The first-order valence-corrected chi connectivity index (χ1v) is 4.74. The molecule has 14 heavy (non-hydrogen) atoms. The number of hydrogen-bond donors (Lipinski definition) is 1. The van der Waals surface area contributed by atoms with E-state index in [0.717, 1.165) is 6.42 Å². The van der Waals surface area contributed by atoms with E-state index in [1.807, 2.05) is 0 Å². The second-order valence-corrected chi connectivity index (χ2v) is 4.25. The largest absolute Gasteiger partial charge is 0.415 e. The van der Waals surface area contributed by atoms with E-state index in [9.17, 15) is 13.2 Å². The number of hydrogen-bond acceptors (Lipinski definition) is 2. The summed E-state index contributed by atoms with van der Waals surface area (Å²) in [5.74, 6) is 1.14. The second-order valence-electron chi connectivity index (χ2n) is 4.25. The lowest BCUT2D eigenvalue weighted by molar-refractivity contribution is -0.207. The molecule has 2 nitrogen and oxygen atoms in total. The summed E-state index contributed by atoms with van der Waals surface area (Å²) in [6.45, 7) is 2.40. The molecule has 1 fully saturated rings. The lowest BCUT2D eigenvalue weighted by atomic mass is 10.3. The zero-order valence-electron chi connectivity index (χ0n) is 8.38. The highest BCUT2D eigenvalue weighted by atomic mass is 19.4. The molecular formula is C9H16F3NO. The van der Waals surface area contributed by atoms with Crippen LogP contribution in [0.1, 0.15) is 13.3 Å². The first-order valence-electron chi connectivity index (χ1n) is 4.74. The summed E-state index contributed by atoms with van der Waals surface area (Å²) in [5, 5.41) is 8.79. The molecule has 3 unspecified atom stereocenters. The van der Waals surface area contributed by atoms with Gasteiger partial charge in [0.2, 0.25) is 0 Å². The fourth-order valence-electron chi connectivity index (χ4n) is 1.53. The van der Waals surface area contributed by atoms with Gasteiger partial charge in [-0.2, -0.15) is 13.2 Å². The quantitative estimate of drug-likeness (QED) is 0.761. The van der Waals surface area contributed by atoms with E-state index < -0.39 is 12.3 Å². The van der Waals surface area contributed by atoms with Crippen molar-refractivity contribution < 1.29 is 18.3 Å².